The number of thiophene rings is 1. The minimum absolute atomic E-state index is 0.194. The van der Waals surface area contributed by atoms with E-state index in [2.05, 4.69) is 53.1 Å². The Morgan fingerprint density at radius 3 is 2.58 bits per heavy atom. The van der Waals surface area contributed by atoms with Crippen molar-refractivity contribution in [3.05, 3.63) is 16.8 Å². The molecule has 0 aliphatic rings. The van der Waals surface area contributed by atoms with Gasteiger partial charge in [-0.25, -0.2) is 0 Å². The van der Waals surface area contributed by atoms with Gasteiger partial charge in [-0.15, -0.1) is 0 Å². The van der Waals surface area contributed by atoms with Crippen LogP contribution in [0.15, 0.2) is 16.8 Å². The van der Waals surface area contributed by atoms with E-state index < -0.39 is 2.14 Å². The molecule has 0 saturated heterocycles. The molecular formula is C6H4Br3NOS. The molecule has 0 fully saturated rings. The lowest BCUT2D eigenvalue weighted by Crippen LogP contribution is -2.25. The first kappa shape index (κ1) is 10.7. The van der Waals surface area contributed by atoms with Crippen LogP contribution in [0.25, 0.3) is 0 Å². The fourth-order valence-corrected chi connectivity index (χ4v) is 1.42. The zero-order valence-electron chi connectivity index (χ0n) is 5.68. The number of alkyl halides is 3. The highest BCUT2D eigenvalue weighted by Crippen LogP contribution is 2.34. The number of anilines is 1. The average molecular weight is 378 g/mol. The molecule has 1 N–H and O–H groups in total. The predicted molar refractivity (Wildman–Crippen MR) is 62.5 cm³/mol. The van der Waals surface area contributed by atoms with Gasteiger partial charge in [-0.2, -0.15) is 11.3 Å². The molecule has 2 nitrogen and oxygen atoms in total. The Morgan fingerprint density at radius 2 is 2.17 bits per heavy atom. The predicted octanol–water partition coefficient (Wildman–Crippen LogP) is 3.53. The normalized spacial score (nSPS) is 11.2. The lowest BCUT2D eigenvalue weighted by Gasteiger charge is -2.10. The molecule has 0 unspecified atom stereocenters. The van der Waals surface area contributed by atoms with Gasteiger partial charge in [-0.05, 0) is 59.2 Å². The first-order chi connectivity index (χ1) is 5.50. The van der Waals surface area contributed by atoms with Gasteiger partial charge in [0.1, 0.15) is 0 Å². The van der Waals surface area contributed by atoms with Crippen molar-refractivity contribution in [1.82, 2.24) is 0 Å². The fourth-order valence-electron chi connectivity index (χ4n) is 0.538. The molecule has 1 rings (SSSR count). The van der Waals surface area contributed by atoms with Gasteiger partial charge in [0.2, 0.25) is 2.14 Å². The van der Waals surface area contributed by atoms with Crippen LogP contribution >= 0.6 is 59.1 Å². The van der Waals surface area contributed by atoms with E-state index in [4.69, 9.17) is 0 Å². The van der Waals surface area contributed by atoms with E-state index >= 15 is 0 Å². The summed E-state index contributed by atoms with van der Waals surface area (Å²) in [4.78, 5) is 11.3. The fraction of sp³-hybridized carbons (Fsp3) is 0.167. The topological polar surface area (TPSA) is 29.1 Å². The highest BCUT2D eigenvalue weighted by molar-refractivity contribution is 9.40. The maximum Gasteiger partial charge on any atom is 0.263 e. The summed E-state index contributed by atoms with van der Waals surface area (Å²) >= 11 is 10.9. The van der Waals surface area contributed by atoms with E-state index in [0.717, 1.165) is 5.69 Å². The number of rotatable bonds is 1. The highest BCUT2D eigenvalue weighted by atomic mass is 80.0. The lowest BCUT2D eigenvalue weighted by atomic mass is 10.5. The third kappa shape index (κ3) is 3.16. The molecule has 1 aromatic heterocycles. The van der Waals surface area contributed by atoms with Gasteiger partial charge in [0, 0.05) is 5.38 Å². The maximum absolute atomic E-state index is 11.3. The molecule has 0 bridgehead atoms. The summed E-state index contributed by atoms with van der Waals surface area (Å²) < 4.78 is -0.880. The van der Waals surface area contributed by atoms with Crippen molar-refractivity contribution in [3.63, 3.8) is 0 Å². The second-order valence-corrected chi connectivity index (χ2v) is 9.50. The average Bonchev–Trinajstić information content (AvgIpc) is 2.37. The van der Waals surface area contributed by atoms with Gasteiger partial charge in [0.25, 0.3) is 5.91 Å². The number of amides is 1. The Balaban J connectivity index is 2.60. The molecular weight excluding hydrogens is 374 g/mol. The van der Waals surface area contributed by atoms with E-state index in [0.29, 0.717) is 0 Å². The quantitative estimate of drug-likeness (QED) is 0.745. The summed E-state index contributed by atoms with van der Waals surface area (Å²) in [5.74, 6) is -0.194. The van der Waals surface area contributed by atoms with Gasteiger partial charge < -0.3 is 5.32 Å². The van der Waals surface area contributed by atoms with Crippen LogP contribution < -0.4 is 5.32 Å². The Morgan fingerprint density at radius 1 is 1.50 bits per heavy atom. The van der Waals surface area contributed by atoms with E-state index in [1.165, 1.54) is 11.3 Å². The molecule has 1 heterocycles. The van der Waals surface area contributed by atoms with Crippen LogP contribution in [-0.4, -0.2) is 8.05 Å². The van der Waals surface area contributed by atoms with E-state index in [9.17, 15) is 4.79 Å². The van der Waals surface area contributed by atoms with Crippen molar-refractivity contribution >= 4 is 70.7 Å². The molecule has 0 atom stereocenters. The molecule has 0 aromatic carbocycles. The van der Waals surface area contributed by atoms with Crippen LogP contribution in [0.1, 0.15) is 0 Å². The standard InChI is InChI=1S/C6H4Br3NOS/c7-6(8,9)5(11)10-4-1-2-12-3-4/h1-3H,(H,10,11). The number of nitrogens with one attached hydrogen (secondary N) is 1. The number of carbonyl (C=O) groups excluding carboxylic acids is 1. The van der Waals surface area contributed by atoms with Crippen molar-refractivity contribution in [1.29, 1.82) is 0 Å². The zero-order valence-corrected chi connectivity index (χ0v) is 11.3. The van der Waals surface area contributed by atoms with E-state index in [-0.39, 0.29) is 5.91 Å². The molecule has 1 aromatic rings. The molecule has 0 aliphatic carbocycles. The molecule has 1 amide bonds. The molecule has 0 radical (unpaired) electrons. The van der Waals surface area contributed by atoms with Crippen LogP contribution in [-0.2, 0) is 4.79 Å². The summed E-state index contributed by atoms with van der Waals surface area (Å²) in [6.45, 7) is 0. The minimum atomic E-state index is -0.880. The second kappa shape index (κ2) is 4.21. The molecule has 0 saturated carbocycles. The van der Waals surface area contributed by atoms with Gasteiger partial charge in [-0.1, -0.05) is 0 Å². The molecule has 6 heteroatoms. The summed E-state index contributed by atoms with van der Waals surface area (Å²) in [5.41, 5.74) is 0.799. The summed E-state index contributed by atoms with van der Waals surface area (Å²) in [6, 6.07) is 1.83. The molecule has 66 valence electrons. The molecule has 0 spiro atoms. The third-order valence-corrected chi connectivity index (χ3v) is 2.80. The third-order valence-electron chi connectivity index (χ3n) is 1.04. The number of carbonyl (C=O) groups is 1. The van der Waals surface area contributed by atoms with Crippen LogP contribution in [0.2, 0.25) is 0 Å². The molecule has 0 aliphatic heterocycles. The van der Waals surface area contributed by atoms with Gasteiger partial charge in [0.15, 0.2) is 0 Å². The highest BCUT2D eigenvalue weighted by Gasteiger charge is 2.28. The number of halogens is 3. The Labute approximate surface area is 99.1 Å². The second-order valence-electron chi connectivity index (χ2n) is 1.96. The van der Waals surface area contributed by atoms with Crippen molar-refractivity contribution in [2.75, 3.05) is 5.32 Å². The van der Waals surface area contributed by atoms with Gasteiger partial charge in [-0.3, -0.25) is 4.79 Å². The summed E-state index contributed by atoms with van der Waals surface area (Å²) in [6.07, 6.45) is 0. The van der Waals surface area contributed by atoms with Crippen molar-refractivity contribution in [2.45, 2.75) is 2.14 Å². The Hall–Kier alpha value is 0.610. The van der Waals surface area contributed by atoms with E-state index in [1.54, 1.807) is 0 Å². The van der Waals surface area contributed by atoms with E-state index in [1.807, 2.05) is 16.8 Å². The summed E-state index contributed by atoms with van der Waals surface area (Å²) in [5, 5.41) is 6.45. The van der Waals surface area contributed by atoms with Crippen molar-refractivity contribution < 1.29 is 4.79 Å². The smallest absolute Gasteiger partial charge is 0.263 e. The van der Waals surface area contributed by atoms with Gasteiger partial charge in [0.05, 0.1) is 5.69 Å². The van der Waals surface area contributed by atoms with Crippen molar-refractivity contribution in [2.24, 2.45) is 0 Å². The van der Waals surface area contributed by atoms with Crippen LogP contribution in [0.3, 0.4) is 0 Å². The van der Waals surface area contributed by atoms with Gasteiger partial charge >= 0.3 is 0 Å². The minimum Gasteiger partial charge on any atom is -0.323 e. The van der Waals surface area contributed by atoms with Crippen LogP contribution in [0.4, 0.5) is 5.69 Å². The maximum atomic E-state index is 11.3. The Kier molecular flexibility index (Phi) is 3.75. The monoisotopic (exact) mass is 375 g/mol. The van der Waals surface area contributed by atoms with Crippen LogP contribution in [0, 0.1) is 0 Å². The molecule has 12 heavy (non-hydrogen) atoms. The Bertz CT molecular complexity index is 267. The number of hydrogen-bond donors (Lipinski definition) is 1. The SMILES string of the molecule is O=C(Nc1ccsc1)C(Br)(Br)Br. The number of hydrogen-bond acceptors (Lipinski definition) is 2. The first-order valence-electron chi connectivity index (χ1n) is 2.90. The van der Waals surface area contributed by atoms with Crippen molar-refractivity contribution in [3.8, 4) is 0 Å². The zero-order chi connectivity index (χ0) is 9.19. The first-order valence-corrected chi connectivity index (χ1v) is 6.22. The van der Waals surface area contributed by atoms with Crippen LogP contribution in [0.5, 0.6) is 0 Å². The lowest BCUT2D eigenvalue weighted by molar-refractivity contribution is -0.114. The largest absolute Gasteiger partial charge is 0.323 e. The summed E-state index contributed by atoms with van der Waals surface area (Å²) in [7, 11) is 0.